The Morgan fingerprint density at radius 2 is 1.88 bits per heavy atom. The largest absolute Gasteiger partial charge is 0.448 e. The molecule has 0 saturated heterocycles. The molecule has 0 rings (SSSR count). The third-order valence-electron chi connectivity index (χ3n) is 0.161. The summed E-state index contributed by atoms with van der Waals surface area (Å²) in [7, 11) is -4.54. The molecule has 0 heterocycles. The summed E-state index contributed by atoms with van der Waals surface area (Å²) in [5.74, 6) is 0. The molecule has 50 valence electrons. The highest BCUT2D eigenvalue weighted by Crippen LogP contribution is 1.76. The Labute approximate surface area is 46.0 Å². The standard InChI is InChI=1S/CH2O5S.H3N/c2-1-6-7(3,4)5;/h1H,(H,3,4,5);1H3. The van der Waals surface area contributed by atoms with Crippen LogP contribution in [0.3, 0.4) is 0 Å². The van der Waals surface area contributed by atoms with E-state index in [-0.39, 0.29) is 12.6 Å². The van der Waals surface area contributed by atoms with Crippen LogP contribution < -0.4 is 6.15 Å². The van der Waals surface area contributed by atoms with E-state index in [4.69, 9.17) is 9.35 Å². The molecule has 0 spiro atoms. The monoisotopic (exact) mass is 143 g/mol. The fraction of sp³-hybridized carbons (Fsp3) is 0. The summed E-state index contributed by atoms with van der Waals surface area (Å²) < 4.78 is 29.3. The minimum atomic E-state index is -4.54. The Kier molecular flexibility index (Phi) is 4.34. The molecule has 0 aliphatic heterocycles. The van der Waals surface area contributed by atoms with Crippen LogP contribution >= 0.6 is 0 Å². The van der Waals surface area contributed by atoms with Crippen LogP contribution in [0.1, 0.15) is 0 Å². The molecule has 0 aromatic rings. The average molecular weight is 143 g/mol. The maximum Gasteiger partial charge on any atom is 0.448 e. The third kappa shape index (κ3) is 9.02. The van der Waals surface area contributed by atoms with Gasteiger partial charge in [-0.15, -0.1) is 0 Å². The highest BCUT2D eigenvalue weighted by atomic mass is 32.3. The van der Waals surface area contributed by atoms with Gasteiger partial charge < -0.3 is 10.3 Å². The summed E-state index contributed by atoms with van der Waals surface area (Å²) in [4.78, 5) is 9.06. The van der Waals surface area contributed by atoms with Gasteiger partial charge in [0.2, 0.25) is 0 Å². The van der Waals surface area contributed by atoms with Crippen LogP contribution in [0, 0.1) is 0 Å². The summed E-state index contributed by atoms with van der Waals surface area (Å²) in [6, 6.07) is 0. The molecule has 6 nitrogen and oxygen atoms in total. The van der Waals surface area contributed by atoms with E-state index in [1.807, 2.05) is 0 Å². The molecule has 0 unspecified atom stereocenters. The van der Waals surface area contributed by atoms with Gasteiger partial charge in [0.05, 0.1) is 0 Å². The van der Waals surface area contributed by atoms with Crippen LogP contribution in [0.15, 0.2) is 0 Å². The molecule has 0 saturated carbocycles. The van der Waals surface area contributed by atoms with Crippen LogP contribution in [0.2, 0.25) is 0 Å². The first-order valence-electron chi connectivity index (χ1n) is 1.15. The third-order valence-corrected chi connectivity index (χ3v) is 0.483. The second-order valence-corrected chi connectivity index (χ2v) is 1.67. The predicted molar refractivity (Wildman–Crippen MR) is 23.7 cm³/mol. The van der Waals surface area contributed by atoms with E-state index >= 15 is 0 Å². The van der Waals surface area contributed by atoms with Gasteiger partial charge in [0.1, 0.15) is 0 Å². The minimum absolute atomic E-state index is 0. The van der Waals surface area contributed by atoms with Gasteiger partial charge in [0, 0.05) is 0 Å². The summed E-state index contributed by atoms with van der Waals surface area (Å²) in [5.41, 5.74) is 0. The molecule has 7 heteroatoms. The number of carbonyl (C=O) groups excluding carboxylic acids is 1. The van der Waals surface area contributed by atoms with Gasteiger partial charge in [-0.25, -0.2) is 0 Å². The molecule has 0 aliphatic carbocycles. The second kappa shape index (κ2) is 3.36. The summed E-state index contributed by atoms with van der Waals surface area (Å²) in [5, 5.41) is 0. The zero-order valence-electron chi connectivity index (χ0n) is 3.77. The van der Waals surface area contributed by atoms with Gasteiger partial charge in [-0.3, -0.25) is 9.35 Å². The van der Waals surface area contributed by atoms with Gasteiger partial charge in [-0.2, -0.15) is 8.42 Å². The number of rotatable bonds is 2. The maximum atomic E-state index is 9.33. The number of carbonyl (C=O) groups is 1. The van der Waals surface area contributed by atoms with E-state index < -0.39 is 10.4 Å². The quantitative estimate of drug-likeness (QED) is 0.383. The van der Waals surface area contributed by atoms with Crippen LogP contribution in [0.5, 0.6) is 0 Å². The lowest BCUT2D eigenvalue weighted by molar-refractivity contribution is -0.120. The number of hydrogen-bond acceptors (Lipinski definition) is 5. The van der Waals surface area contributed by atoms with Crippen molar-refractivity contribution in [3.8, 4) is 0 Å². The molecule has 0 atom stereocenters. The molecular weight excluding hydrogens is 138 g/mol. The summed E-state index contributed by atoms with van der Waals surface area (Å²) in [6.45, 7) is -0.380. The molecule has 8 heavy (non-hydrogen) atoms. The van der Waals surface area contributed by atoms with Crippen molar-refractivity contribution in [1.29, 1.82) is 0 Å². The van der Waals surface area contributed by atoms with Gasteiger partial charge in [-0.1, -0.05) is 0 Å². The molecule has 0 amide bonds. The molecule has 0 aromatic carbocycles. The Balaban J connectivity index is 0. The normalized spacial score (nSPS) is 9.12. The van der Waals surface area contributed by atoms with E-state index in [2.05, 4.69) is 4.18 Å². The fourth-order valence-corrected chi connectivity index (χ4v) is 0.149. The van der Waals surface area contributed by atoms with Crippen LogP contribution in [0.4, 0.5) is 0 Å². The van der Waals surface area contributed by atoms with Crippen molar-refractivity contribution in [3.63, 3.8) is 0 Å². The zero-order chi connectivity index (χ0) is 5.91. The van der Waals surface area contributed by atoms with Crippen LogP contribution in [0.25, 0.3) is 0 Å². The van der Waals surface area contributed by atoms with Crippen molar-refractivity contribution in [3.05, 3.63) is 0 Å². The number of hydrogen-bond donors (Lipinski definition) is 2. The van der Waals surface area contributed by atoms with Crippen molar-refractivity contribution in [2.45, 2.75) is 0 Å². The van der Waals surface area contributed by atoms with E-state index in [0.717, 1.165) is 0 Å². The smallest absolute Gasteiger partial charge is 0.344 e. The fourth-order valence-electron chi connectivity index (χ4n) is 0.0496. The lowest BCUT2D eigenvalue weighted by atomic mass is 11.7. The lowest BCUT2D eigenvalue weighted by Crippen LogP contribution is -2.00. The molecule has 0 bridgehead atoms. The van der Waals surface area contributed by atoms with Crippen LogP contribution in [-0.2, 0) is 19.4 Å². The highest BCUT2D eigenvalue weighted by molar-refractivity contribution is 7.81. The van der Waals surface area contributed by atoms with Crippen LogP contribution in [-0.4, -0.2) is 19.4 Å². The van der Waals surface area contributed by atoms with E-state index in [1.54, 1.807) is 0 Å². The van der Waals surface area contributed by atoms with Gasteiger partial charge in [0.15, 0.2) is 0 Å². The maximum absolute atomic E-state index is 9.33. The molecular formula is CH5NO5S. The van der Waals surface area contributed by atoms with Crippen molar-refractivity contribution >= 4 is 16.9 Å². The second-order valence-electron chi connectivity index (χ2n) is 0.620. The van der Waals surface area contributed by atoms with Crippen molar-refractivity contribution in [2.75, 3.05) is 0 Å². The van der Waals surface area contributed by atoms with Gasteiger partial charge >= 0.3 is 16.9 Å². The van der Waals surface area contributed by atoms with Crippen molar-refractivity contribution in [2.24, 2.45) is 0 Å². The van der Waals surface area contributed by atoms with Gasteiger partial charge in [-0.05, 0) is 0 Å². The first-order chi connectivity index (χ1) is 3.06. The first kappa shape index (κ1) is 10.3. The van der Waals surface area contributed by atoms with E-state index in [1.165, 1.54) is 0 Å². The zero-order valence-corrected chi connectivity index (χ0v) is 4.59. The van der Waals surface area contributed by atoms with E-state index in [0.29, 0.717) is 0 Å². The first-order valence-corrected chi connectivity index (χ1v) is 2.52. The average Bonchev–Trinajstić information content (AvgIpc) is 1.30. The Bertz CT molecular complexity index is 146. The Morgan fingerprint density at radius 1 is 1.50 bits per heavy atom. The SMILES string of the molecule is N.O=COS(=O)(=O)O. The molecule has 0 fully saturated rings. The summed E-state index contributed by atoms with van der Waals surface area (Å²) in [6.07, 6.45) is 0. The Hall–Kier alpha value is -0.660. The van der Waals surface area contributed by atoms with Crippen molar-refractivity contribution < 1.29 is 21.9 Å². The Morgan fingerprint density at radius 3 is 1.88 bits per heavy atom. The minimum Gasteiger partial charge on any atom is -0.344 e. The van der Waals surface area contributed by atoms with Gasteiger partial charge in [0.25, 0.3) is 0 Å². The topological polar surface area (TPSA) is 116 Å². The van der Waals surface area contributed by atoms with Crippen molar-refractivity contribution in [1.82, 2.24) is 6.15 Å². The molecule has 4 N–H and O–H groups in total. The highest BCUT2D eigenvalue weighted by Gasteiger charge is 1.98. The predicted octanol–water partition coefficient (Wildman–Crippen LogP) is -0.876. The lowest BCUT2D eigenvalue weighted by Gasteiger charge is -1.83. The molecule has 0 aliphatic rings. The molecule has 0 aromatic heterocycles. The summed E-state index contributed by atoms with van der Waals surface area (Å²) >= 11 is 0. The molecule has 0 radical (unpaired) electrons. The van der Waals surface area contributed by atoms with E-state index in [9.17, 15) is 8.42 Å².